The highest BCUT2D eigenvalue weighted by atomic mass is 32.2. The summed E-state index contributed by atoms with van der Waals surface area (Å²) in [5, 5.41) is 0. The van der Waals surface area contributed by atoms with Gasteiger partial charge in [-0.15, -0.1) is 0 Å². The summed E-state index contributed by atoms with van der Waals surface area (Å²) in [5.41, 5.74) is 4.26. The van der Waals surface area contributed by atoms with Crippen LogP contribution in [0.5, 0.6) is 5.75 Å². The molecule has 0 aliphatic rings. The van der Waals surface area contributed by atoms with Gasteiger partial charge in [0.15, 0.2) is 6.61 Å². The van der Waals surface area contributed by atoms with Crippen LogP contribution in [0.1, 0.15) is 32.9 Å². The SMILES string of the molecule is COc1ccc(CCn2c(C)cc(C(=O)COC(=O)CNS(=O)(=O)c3ccc(C)cc3)c2C)cc1. The van der Waals surface area contributed by atoms with Gasteiger partial charge in [0, 0.05) is 23.5 Å². The Bertz CT molecular complexity index is 1290. The second-order valence-corrected chi connectivity index (χ2v) is 10.0. The molecule has 8 nitrogen and oxygen atoms in total. The monoisotopic (exact) mass is 498 g/mol. The molecule has 9 heteroatoms. The van der Waals surface area contributed by atoms with Crippen molar-refractivity contribution in [3.8, 4) is 5.75 Å². The molecular weight excluding hydrogens is 468 g/mol. The van der Waals surface area contributed by atoms with Crippen LogP contribution in [0, 0.1) is 20.8 Å². The molecule has 3 rings (SSSR count). The number of hydrogen-bond donors (Lipinski definition) is 1. The van der Waals surface area contributed by atoms with E-state index in [0.29, 0.717) is 12.1 Å². The van der Waals surface area contributed by atoms with E-state index in [4.69, 9.17) is 9.47 Å². The van der Waals surface area contributed by atoms with Crippen molar-refractivity contribution in [3.05, 3.63) is 82.7 Å². The smallest absolute Gasteiger partial charge is 0.321 e. The number of rotatable bonds is 11. The summed E-state index contributed by atoms with van der Waals surface area (Å²) in [6.45, 7) is 5.28. The van der Waals surface area contributed by atoms with Crippen LogP contribution in [0.4, 0.5) is 0 Å². The van der Waals surface area contributed by atoms with E-state index in [0.717, 1.165) is 34.7 Å². The highest BCUT2D eigenvalue weighted by Gasteiger charge is 2.19. The predicted molar refractivity (Wildman–Crippen MR) is 132 cm³/mol. The molecule has 0 aliphatic carbocycles. The molecule has 0 atom stereocenters. The van der Waals surface area contributed by atoms with Crippen LogP contribution >= 0.6 is 0 Å². The molecule has 0 radical (unpaired) electrons. The Balaban J connectivity index is 1.53. The van der Waals surface area contributed by atoms with Crippen molar-refractivity contribution in [1.82, 2.24) is 9.29 Å². The lowest BCUT2D eigenvalue weighted by molar-refractivity contribution is -0.141. The van der Waals surface area contributed by atoms with Gasteiger partial charge in [-0.2, -0.15) is 4.72 Å². The molecule has 1 N–H and O–H groups in total. The topological polar surface area (TPSA) is 104 Å². The summed E-state index contributed by atoms with van der Waals surface area (Å²) < 4.78 is 39.0. The van der Waals surface area contributed by atoms with E-state index < -0.39 is 29.1 Å². The minimum atomic E-state index is -3.85. The number of Topliss-reactive ketones (excluding diaryl/α,β-unsaturated/α-hetero) is 1. The van der Waals surface area contributed by atoms with Crippen LogP contribution in [0.15, 0.2) is 59.5 Å². The van der Waals surface area contributed by atoms with E-state index in [9.17, 15) is 18.0 Å². The average Bonchev–Trinajstić information content (AvgIpc) is 3.13. The van der Waals surface area contributed by atoms with Gasteiger partial charge < -0.3 is 14.0 Å². The zero-order valence-corrected chi connectivity index (χ0v) is 21.1. The lowest BCUT2D eigenvalue weighted by Crippen LogP contribution is -2.31. The Morgan fingerprint density at radius 3 is 2.26 bits per heavy atom. The molecule has 0 spiro atoms. The fourth-order valence-corrected chi connectivity index (χ4v) is 4.66. The number of esters is 1. The number of benzene rings is 2. The van der Waals surface area contributed by atoms with Gasteiger partial charge in [-0.05, 0) is 63.1 Å². The van der Waals surface area contributed by atoms with E-state index in [1.807, 2.05) is 45.0 Å². The third kappa shape index (κ3) is 6.80. The number of ether oxygens (including phenoxy) is 2. The maximum absolute atomic E-state index is 12.7. The summed E-state index contributed by atoms with van der Waals surface area (Å²) in [6.07, 6.45) is 0.782. The van der Waals surface area contributed by atoms with Gasteiger partial charge in [-0.1, -0.05) is 29.8 Å². The maximum atomic E-state index is 12.7. The third-order valence-electron chi connectivity index (χ3n) is 5.76. The number of sulfonamides is 1. The largest absolute Gasteiger partial charge is 0.497 e. The first kappa shape index (κ1) is 26.2. The fraction of sp³-hybridized carbons (Fsp3) is 0.308. The van der Waals surface area contributed by atoms with Gasteiger partial charge in [0.25, 0.3) is 0 Å². The number of ketones is 1. The lowest BCUT2D eigenvalue weighted by atomic mass is 10.1. The molecule has 2 aromatic carbocycles. The summed E-state index contributed by atoms with van der Waals surface area (Å²) in [6, 6.07) is 15.9. The van der Waals surface area contributed by atoms with Crippen LogP contribution in [0.2, 0.25) is 0 Å². The Labute approximate surface area is 205 Å². The summed E-state index contributed by atoms with van der Waals surface area (Å²) in [7, 11) is -2.22. The molecule has 1 aromatic heterocycles. The van der Waals surface area contributed by atoms with Crippen molar-refractivity contribution in [3.63, 3.8) is 0 Å². The van der Waals surface area contributed by atoms with Gasteiger partial charge in [-0.3, -0.25) is 9.59 Å². The molecule has 0 saturated carbocycles. The molecule has 0 bridgehead atoms. The molecule has 1 heterocycles. The van der Waals surface area contributed by atoms with E-state index in [1.165, 1.54) is 12.1 Å². The molecule has 3 aromatic rings. The van der Waals surface area contributed by atoms with Crippen molar-refractivity contribution in [1.29, 1.82) is 0 Å². The number of nitrogens with zero attached hydrogens (tertiary/aromatic N) is 1. The normalized spacial score (nSPS) is 11.3. The molecule has 35 heavy (non-hydrogen) atoms. The van der Waals surface area contributed by atoms with Crippen molar-refractivity contribution < 1.29 is 27.5 Å². The second-order valence-electron chi connectivity index (χ2n) is 8.26. The predicted octanol–water partition coefficient (Wildman–Crippen LogP) is 3.37. The van der Waals surface area contributed by atoms with E-state index in [1.54, 1.807) is 25.3 Å². The minimum absolute atomic E-state index is 0.0501. The van der Waals surface area contributed by atoms with Crippen molar-refractivity contribution in [2.45, 2.75) is 38.6 Å². The van der Waals surface area contributed by atoms with Crippen molar-refractivity contribution in [2.75, 3.05) is 20.3 Å². The Kier molecular flexibility index (Phi) is 8.48. The number of carbonyl (C=O) groups is 2. The van der Waals surface area contributed by atoms with Crippen LogP contribution in [0.3, 0.4) is 0 Å². The van der Waals surface area contributed by atoms with Crippen LogP contribution < -0.4 is 9.46 Å². The fourth-order valence-electron chi connectivity index (χ4n) is 3.69. The highest BCUT2D eigenvalue weighted by Crippen LogP contribution is 2.18. The highest BCUT2D eigenvalue weighted by molar-refractivity contribution is 7.89. The van der Waals surface area contributed by atoms with Crippen molar-refractivity contribution in [2.24, 2.45) is 0 Å². The zero-order chi connectivity index (χ0) is 25.6. The quantitative estimate of drug-likeness (QED) is 0.321. The molecule has 186 valence electrons. The van der Waals surface area contributed by atoms with Gasteiger partial charge in [0.2, 0.25) is 15.8 Å². The zero-order valence-electron chi connectivity index (χ0n) is 20.3. The van der Waals surface area contributed by atoms with E-state index >= 15 is 0 Å². The minimum Gasteiger partial charge on any atom is -0.497 e. The lowest BCUT2D eigenvalue weighted by Gasteiger charge is -2.11. The van der Waals surface area contributed by atoms with Gasteiger partial charge in [0.1, 0.15) is 12.3 Å². The van der Waals surface area contributed by atoms with Gasteiger partial charge in [-0.25, -0.2) is 8.42 Å². The Morgan fingerprint density at radius 1 is 0.971 bits per heavy atom. The van der Waals surface area contributed by atoms with E-state index in [-0.39, 0.29) is 10.7 Å². The third-order valence-corrected chi connectivity index (χ3v) is 7.18. The molecule has 0 unspecified atom stereocenters. The molecule has 0 saturated heterocycles. The molecule has 0 amide bonds. The average molecular weight is 499 g/mol. The number of carbonyl (C=O) groups excluding carboxylic acids is 2. The number of hydrogen-bond acceptors (Lipinski definition) is 6. The molecular formula is C26H30N2O6S. The number of aromatic nitrogens is 1. The number of nitrogens with one attached hydrogen (secondary N) is 1. The summed E-state index contributed by atoms with van der Waals surface area (Å²) in [5.74, 6) is -0.377. The van der Waals surface area contributed by atoms with Crippen LogP contribution in [0.25, 0.3) is 0 Å². The van der Waals surface area contributed by atoms with Crippen LogP contribution in [-0.2, 0) is 32.5 Å². The second kappa shape index (κ2) is 11.3. The Hall–Kier alpha value is -3.43. The van der Waals surface area contributed by atoms with Crippen LogP contribution in [-0.4, -0.2) is 45.0 Å². The first-order chi connectivity index (χ1) is 16.6. The first-order valence-corrected chi connectivity index (χ1v) is 12.6. The van der Waals surface area contributed by atoms with E-state index in [2.05, 4.69) is 9.29 Å². The maximum Gasteiger partial charge on any atom is 0.321 e. The van der Waals surface area contributed by atoms with Gasteiger partial charge in [0.05, 0.1) is 12.0 Å². The summed E-state index contributed by atoms with van der Waals surface area (Å²) >= 11 is 0. The summed E-state index contributed by atoms with van der Waals surface area (Å²) in [4.78, 5) is 24.8. The Morgan fingerprint density at radius 2 is 1.63 bits per heavy atom. The van der Waals surface area contributed by atoms with Gasteiger partial charge >= 0.3 is 5.97 Å². The number of methoxy groups -OCH3 is 1. The van der Waals surface area contributed by atoms with Crippen molar-refractivity contribution >= 4 is 21.8 Å². The molecule has 0 aliphatic heterocycles. The standard InChI is InChI=1S/C26H30N2O6S/c1-18-5-11-23(12-6-18)35(31,32)27-16-26(30)34-17-25(29)24-15-19(2)28(20(24)3)14-13-21-7-9-22(33-4)10-8-21/h5-12,15,27H,13-14,16-17H2,1-4H3. The molecule has 0 fully saturated rings. The first-order valence-electron chi connectivity index (χ1n) is 11.2. The number of aryl methyl sites for hydroxylation is 3.